The van der Waals surface area contributed by atoms with Crippen LogP contribution in [0.25, 0.3) is 0 Å². The van der Waals surface area contributed by atoms with Crippen LogP contribution in [0.15, 0.2) is 48.7 Å². The van der Waals surface area contributed by atoms with Gasteiger partial charge in [0.05, 0.1) is 5.69 Å². The predicted octanol–water partition coefficient (Wildman–Crippen LogP) is 2.19. The lowest BCUT2D eigenvalue weighted by molar-refractivity contribution is -0.136. The van der Waals surface area contributed by atoms with Crippen molar-refractivity contribution in [1.29, 1.82) is 0 Å². The molecule has 0 radical (unpaired) electrons. The van der Waals surface area contributed by atoms with Crippen LogP contribution in [-0.2, 0) is 9.59 Å². The summed E-state index contributed by atoms with van der Waals surface area (Å²) in [6.07, 6.45) is 3.59. The predicted molar refractivity (Wildman–Crippen MR) is 97.2 cm³/mol. The molecule has 1 aromatic heterocycles. The molecule has 2 N–H and O–H groups in total. The number of aromatic nitrogens is 1. The van der Waals surface area contributed by atoms with Gasteiger partial charge in [0.1, 0.15) is 11.6 Å². The number of anilines is 2. The van der Waals surface area contributed by atoms with Gasteiger partial charge in [-0.1, -0.05) is 18.2 Å². The van der Waals surface area contributed by atoms with Crippen LogP contribution < -0.4 is 15.5 Å². The fourth-order valence-electron chi connectivity index (χ4n) is 2.97. The molecule has 0 aliphatic carbocycles. The van der Waals surface area contributed by atoms with Gasteiger partial charge >= 0.3 is 11.8 Å². The number of nitrogens with one attached hydrogen (secondary N) is 2. The van der Waals surface area contributed by atoms with Crippen molar-refractivity contribution >= 4 is 23.3 Å². The zero-order valence-electron chi connectivity index (χ0n) is 14.3. The first-order valence-corrected chi connectivity index (χ1v) is 8.63. The summed E-state index contributed by atoms with van der Waals surface area (Å²) in [5, 5.41) is 4.92. The Kier molecular flexibility index (Phi) is 5.78. The van der Waals surface area contributed by atoms with Crippen LogP contribution in [0, 0.1) is 11.7 Å². The fourth-order valence-corrected chi connectivity index (χ4v) is 2.97. The van der Waals surface area contributed by atoms with Crippen LogP contribution in [0.3, 0.4) is 0 Å². The smallest absolute Gasteiger partial charge is 0.313 e. The van der Waals surface area contributed by atoms with E-state index in [4.69, 9.17) is 0 Å². The number of rotatable bonds is 4. The number of benzene rings is 1. The largest absolute Gasteiger partial charge is 0.357 e. The molecule has 1 aliphatic heterocycles. The fraction of sp³-hybridized carbons (Fsp3) is 0.316. The van der Waals surface area contributed by atoms with Crippen molar-refractivity contribution in [2.24, 2.45) is 5.92 Å². The van der Waals surface area contributed by atoms with E-state index < -0.39 is 17.6 Å². The molecule has 0 saturated carbocycles. The number of hydrogen-bond acceptors (Lipinski definition) is 4. The van der Waals surface area contributed by atoms with Crippen molar-refractivity contribution in [2.45, 2.75) is 12.8 Å². The van der Waals surface area contributed by atoms with Crippen LogP contribution in [0.2, 0.25) is 0 Å². The summed E-state index contributed by atoms with van der Waals surface area (Å²) in [6, 6.07) is 11.6. The number of piperidine rings is 1. The minimum atomic E-state index is -0.860. The normalized spacial score (nSPS) is 14.7. The van der Waals surface area contributed by atoms with Gasteiger partial charge in [-0.25, -0.2) is 9.37 Å². The van der Waals surface area contributed by atoms with Crippen LogP contribution >= 0.6 is 0 Å². The number of para-hydroxylation sites is 1. The van der Waals surface area contributed by atoms with Crippen LogP contribution in [0.5, 0.6) is 0 Å². The van der Waals surface area contributed by atoms with E-state index >= 15 is 0 Å². The SMILES string of the molecule is O=C(NCC1CCN(c2ccccn2)CC1)C(=O)Nc1ccccc1F. The van der Waals surface area contributed by atoms with E-state index in [1.54, 1.807) is 12.3 Å². The third kappa shape index (κ3) is 4.56. The molecule has 1 saturated heterocycles. The molecular formula is C19H21FN4O2. The van der Waals surface area contributed by atoms with Gasteiger partial charge in [-0.3, -0.25) is 9.59 Å². The maximum atomic E-state index is 13.5. The Hall–Kier alpha value is -2.96. The summed E-state index contributed by atoms with van der Waals surface area (Å²) >= 11 is 0. The molecule has 2 amide bonds. The minimum absolute atomic E-state index is 0.00341. The van der Waals surface area contributed by atoms with Gasteiger partial charge in [-0.05, 0) is 43.0 Å². The third-order valence-electron chi connectivity index (χ3n) is 4.47. The second-order valence-electron chi connectivity index (χ2n) is 6.26. The highest BCUT2D eigenvalue weighted by Crippen LogP contribution is 2.21. The Morgan fingerprint density at radius 3 is 2.50 bits per heavy atom. The van der Waals surface area contributed by atoms with E-state index in [-0.39, 0.29) is 5.69 Å². The molecule has 6 nitrogen and oxygen atoms in total. The third-order valence-corrected chi connectivity index (χ3v) is 4.47. The summed E-state index contributed by atoms with van der Waals surface area (Å²) in [5.41, 5.74) is -0.00341. The highest BCUT2D eigenvalue weighted by atomic mass is 19.1. The first kappa shape index (κ1) is 17.8. The molecule has 3 rings (SSSR count). The molecule has 0 bridgehead atoms. The molecular weight excluding hydrogens is 335 g/mol. The number of nitrogens with zero attached hydrogens (tertiary/aromatic N) is 2. The monoisotopic (exact) mass is 356 g/mol. The van der Waals surface area contributed by atoms with E-state index in [1.807, 2.05) is 18.2 Å². The van der Waals surface area contributed by atoms with Gasteiger partial charge in [0.15, 0.2) is 0 Å². The Labute approximate surface area is 151 Å². The van der Waals surface area contributed by atoms with Crippen molar-refractivity contribution < 1.29 is 14.0 Å². The topological polar surface area (TPSA) is 74.3 Å². The molecule has 1 fully saturated rings. The number of pyridine rings is 1. The summed E-state index contributed by atoms with van der Waals surface area (Å²) in [7, 11) is 0. The van der Waals surface area contributed by atoms with Crippen molar-refractivity contribution in [3.63, 3.8) is 0 Å². The Morgan fingerprint density at radius 2 is 1.81 bits per heavy atom. The zero-order valence-corrected chi connectivity index (χ0v) is 14.3. The maximum absolute atomic E-state index is 13.5. The van der Waals surface area contributed by atoms with Crippen molar-refractivity contribution in [3.05, 3.63) is 54.5 Å². The van der Waals surface area contributed by atoms with E-state index in [2.05, 4.69) is 20.5 Å². The first-order valence-electron chi connectivity index (χ1n) is 8.63. The van der Waals surface area contributed by atoms with Gasteiger partial charge in [0.25, 0.3) is 0 Å². The Morgan fingerprint density at radius 1 is 1.08 bits per heavy atom. The van der Waals surface area contributed by atoms with Crippen LogP contribution in [0.4, 0.5) is 15.9 Å². The molecule has 0 unspecified atom stereocenters. The van der Waals surface area contributed by atoms with Gasteiger partial charge in [-0.15, -0.1) is 0 Å². The second-order valence-corrected chi connectivity index (χ2v) is 6.26. The lowest BCUT2D eigenvalue weighted by atomic mass is 9.97. The standard InChI is InChI=1S/C19H21FN4O2/c20-15-5-1-2-6-16(15)23-19(26)18(25)22-13-14-8-11-24(12-9-14)17-7-3-4-10-21-17/h1-7,10,14H,8-9,11-13H2,(H,22,25)(H,23,26). The molecule has 1 aromatic carbocycles. The average Bonchev–Trinajstić information content (AvgIpc) is 2.69. The summed E-state index contributed by atoms with van der Waals surface area (Å²) in [6.45, 7) is 2.15. The summed E-state index contributed by atoms with van der Waals surface area (Å²) in [4.78, 5) is 30.3. The van der Waals surface area contributed by atoms with E-state index in [9.17, 15) is 14.0 Å². The molecule has 0 spiro atoms. The lowest BCUT2D eigenvalue weighted by Crippen LogP contribution is -2.42. The lowest BCUT2D eigenvalue weighted by Gasteiger charge is -2.32. The Balaban J connectivity index is 1.42. The summed E-state index contributed by atoms with van der Waals surface area (Å²) < 4.78 is 13.5. The van der Waals surface area contributed by atoms with Crippen molar-refractivity contribution in [3.8, 4) is 0 Å². The number of amides is 2. The van der Waals surface area contributed by atoms with Crippen LogP contribution in [0.1, 0.15) is 12.8 Å². The Bertz CT molecular complexity index is 761. The molecule has 2 aromatic rings. The number of carbonyl (C=O) groups is 2. The quantitative estimate of drug-likeness (QED) is 0.824. The molecule has 26 heavy (non-hydrogen) atoms. The van der Waals surface area contributed by atoms with Gasteiger partial charge < -0.3 is 15.5 Å². The minimum Gasteiger partial charge on any atom is -0.357 e. The van der Waals surface area contributed by atoms with Gasteiger partial charge in [-0.2, -0.15) is 0 Å². The first-order chi connectivity index (χ1) is 12.6. The number of hydrogen-bond donors (Lipinski definition) is 2. The van der Waals surface area contributed by atoms with Gasteiger partial charge in [0.2, 0.25) is 0 Å². The molecule has 7 heteroatoms. The highest BCUT2D eigenvalue weighted by molar-refractivity contribution is 6.39. The maximum Gasteiger partial charge on any atom is 0.313 e. The van der Waals surface area contributed by atoms with Crippen molar-refractivity contribution in [1.82, 2.24) is 10.3 Å². The van der Waals surface area contributed by atoms with Crippen LogP contribution in [-0.4, -0.2) is 36.4 Å². The number of carbonyl (C=O) groups excluding carboxylic acids is 2. The van der Waals surface area contributed by atoms with E-state index in [0.717, 1.165) is 31.7 Å². The highest BCUT2D eigenvalue weighted by Gasteiger charge is 2.22. The average molecular weight is 356 g/mol. The molecule has 0 atom stereocenters. The second kappa shape index (κ2) is 8.42. The van der Waals surface area contributed by atoms with E-state index in [1.165, 1.54) is 18.2 Å². The molecule has 2 heterocycles. The van der Waals surface area contributed by atoms with E-state index in [0.29, 0.717) is 12.5 Å². The molecule has 1 aliphatic rings. The summed E-state index contributed by atoms with van der Waals surface area (Å²) in [5.74, 6) is -0.920. The zero-order chi connectivity index (χ0) is 18.4. The number of halogens is 1. The van der Waals surface area contributed by atoms with Crippen molar-refractivity contribution in [2.75, 3.05) is 29.9 Å². The van der Waals surface area contributed by atoms with Gasteiger partial charge in [0, 0.05) is 25.8 Å². The molecule has 136 valence electrons.